The van der Waals surface area contributed by atoms with E-state index < -0.39 is 0 Å². The number of thiocarbonyl (C=S) groups is 1. The van der Waals surface area contributed by atoms with Crippen molar-refractivity contribution in [3.8, 4) is 0 Å². The Balaban J connectivity index is 2.47. The molecule has 0 nitrogen and oxygen atoms in total. The van der Waals surface area contributed by atoms with Gasteiger partial charge in [0.25, 0.3) is 0 Å². The molecular weight excluding hydrogens is 184 g/mol. The van der Waals surface area contributed by atoms with Crippen LogP contribution in [-0.2, 0) is 0 Å². The van der Waals surface area contributed by atoms with Gasteiger partial charge in [0.15, 0.2) is 0 Å². The molecule has 0 fully saturated rings. The second kappa shape index (κ2) is 5.33. The van der Waals surface area contributed by atoms with Crippen LogP contribution in [0.3, 0.4) is 0 Å². The van der Waals surface area contributed by atoms with Gasteiger partial charge >= 0.3 is 0 Å². The quantitative estimate of drug-likeness (QED) is 0.531. The van der Waals surface area contributed by atoms with Crippen LogP contribution >= 0.6 is 24.0 Å². The summed E-state index contributed by atoms with van der Waals surface area (Å²) in [7, 11) is 0. The number of hydrogen-bond donors (Lipinski definition) is 0. The lowest BCUT2D eigenvalue weighted by Crippen LogP contribution is -1.85. The van der Waals surface area contributed by atoms with Crippen LogP contribution in [0.15, 0.2) is 35.2 Å². The van der Waals surface area contributed by atoms with Crippen LogP contribution in [-0.4, -0.2) is 4.20 Å². The summed E-state index contributed by atoms with van der Waals surface area (Å²) in [6, 6.07) is 10.3. The lowest BCUT2D eigenvalue weighted by atomic mass is 10.4. The van der Waals surface area contributed by atoms with Crippen LogP contribution in [0.1, 0.15) is 19.8 Å². The van der Waals surface area contributed by atoms with Crippen molar-refractivity contribution in [3.63, 3.8) is 0 Å². The van der Waals surface area contributed by atoms with E-state index in [2.05, 4.69) is 19.1 Å². The molecule has 0 aromatic heterocycles. The SMILES string of the molecule is CCCC(=S)Sc1ccccc1. The number of rotatable bonds is 3. The van der Waals surface area contributed by atoms with Gasteiger partial charge in [0.2, 0.25) is 0 Å². The standard InChI is InChI=1S/C10H12S2/c1-2-6-10(11)12-9-7-4-3-5-8-9/h3-5,7-8H,2,6H2,1H3. The minimum Gasteiger partial charge on any atom is -0.0828 e. The van der Waals surface area contributed by atoms with E-state index in [1.54, 1.807) is 11.8 Å². The van der Waals surface area contributed by atoms with Crippen LogP contribution in [0.2, 0.25) is 0 Å². The summed E-state index contributed by atoms with van der Waals surface area (Å²) in [5.41, 5.74) is 0. The highest BCUT2D eigenvalue weighted by Crippen LogP contribution is 2.21. The first-order valence-corrected chi connectivity index (χ1v) is 5.31. The van der Waals surface area contributed by atoms with Gasteiger partial charge in [-0.3, -0.25) is 0 Å². The van der Waals surface area contributed by atoms with E-state index in [1.165, 1.54) is 4.90 Å². The van der Waals surface area contributed by atoms with Crippen LogP contribution in [0.4, 0.5) is 0 Å². The van der Waals surface area contributed by atoms with Gasteiger partial charge in [-0.2, -0.15) is 0 Å². The first kappa shape index (κ1) is 9.75. The maximum Gasteiger partial charge on any atom is 0.0527 e. The van der Waals surface area contributed by atoms with Gasteiger partial charge in [0, 0.05) is 4.90 Å². The maximum absolute atomic E-state index is 5.20. The third kappa shape index (κ3) is 3.37. The van der Waals surface area contributed by atoms with Gasteiger partial charge in [0.05, 0.1) is 4.20 Å². The van der Waals surface area contributed by atoms with Crippen molar-refractivity contribution >= 4 is 28.2 Å². The monoisotopic (exact) mass is 196 g/mol. The van der Waals surface area contributed by atoms with Gasteiger partial charge in [-0.1, -0.05) is 55.5 Å². The van der Waals surface area contributed by atoms with Gasteiger partial charge in [-0.25, -0.2) is 0 Å². The molecule has 0 unspecified atom stereocenters. The number of benzene rings is 1. The summed E-state index contributed by atoms with van der Waals surface area (Å²) < 4.78 is 1.09. The second-order valence-electron chi connectivity index (χ2n) is 2.54. The molecule has 1 rings (SSSR count). The molecule has 12 heavy (non-hydrogen) atoms. The average Bonchev–Trinajstić information content (AvgIpc) is 2.06. The largest absolute Gasteiger partial charge is 0.0828 e. The van der Waals surface area contributed by atoms with Crippen LogP contribution < -0.4 is 0 Å². The highest BCUT2D eigenvalue weighted by Gasteiger charge is 1.97. The number of hydrogen-bond acceptors (Lipinski definition) is 2. The summed E-state index contributed by atoms with van der Waals surface area (Å²) >= 11 is 6.90. The zero-order chi connectivity index (χ0) is 8.81. The lowest BCUT2D eigenvalue weighted by molar-refractivity contribution is 1.01. The highest BCUT2D eigenvalue weighted by atomic mass is 32.2. The molecule has 0 bridgehead atoms. The smallest absolute Gasteiger partial charge is 0.0527 e. The van der Waals surface area contributed by atoms with Gasteiger partial charge in [-0.15, -0.1) is 0 Å². The molecule has 0 aliphatic rings. The molecule has 0 saturated carbocycles. The minimum absolute atomic E-state index is 1.04. The summed E-state index contributed by atoms with van der Waals surface area (Å²) in [4.78, 5) is 1.25. The first-order chi connectivity index (χ1) is 5.83. The average molecular weight is 196 g/mol. The molecule has 0 saturated heterocycles. The predicted octanol–water partition coefficient (Wildman–Crippen LogP) is 3.91. The summed E-state index contributed by atoms with van der Waals surface area (Å²) in [6.45, 7) is 2.15. The topological polar surface area (TPSA) is 0 Å². The Morgan fingerprint density at radius 3 is 2.58 bits per heavy atom. The zero-order valence-corrected chi connectivity index (χ0v) is 8.75. The molecule has 1 aromatic carbocycles. The third-order valence-corrected chi connectivity index (χ3v) is 2.82. The van der Waals surface area contributed by atoms with Gasteiger partial charge in [-0.05, 0) is 18.6 Å². The Morgan fingerprint density at radius 1 is 1.33 bits per heavy atom. The Hall–Kier alpha value is -0.340. The van der Waals surface area contributed by atoms with E-state index in [0.29, 0.717) is 0 Å². The van der Waals surface area contributed by atoms with Crippen LogP contribution in [0.5, 0.6) is 0 Å². The Labute approximate surface area is 83.4 Å². The van der Waals surface area contributed by atoms with Crippen molar-refractivity contribution in [3.05, 3.63) is 30.3 Å². The van der Waals surface area contributed by atoms with Crippen molar-refractivity contribution in [1.29, 1.82) is 0 Å². The van der Waals surface area contributed by atoms with Crippen molar-refractivity contribution in [1.82, 2.24) is 0 Å². The fraction of sp³-hybridized carbons (Fsp3) is 0.300. The molecule has 0 atom stereocenters. The molecular formula is C10H12S2. The van der Waals surface area contributed by atoms with Gasteiger partial charge < -0.3 is 0 Å². The van der Waals surface area contributed by atoms with E-state index in [0.717, 1.165) is 17.0 Å². The molecule has 2 heteroatoms. The number of thioether (sulfide) groups is 1. The van der Waals surface area contributed by atoms with E-state index in [9.17, 15) is 0 Å². The van der Waals surface area contributed by atoms with E-state index in [4.69, 9.17) is 12.2 Å². The minimum atomic E-state index is 1.04. The normalized spacial score (nSPS) is 9.75. The highest BCUT2D eigenvalue weighted by molar-refractivity contribution is 8.23. The van der Waals surface area contributed by atoms with Crippen LogP contribution in [0, 0.1) is 0 Å². The van der Waals surface area contributed by atoms with Crippen molar-refractivity contribution in [2.75, 3.05) is 0 Å². The molecule has 0 amide bonds. The van der Waals surface area contributed by atoms with Crippen molar-refractivity contribution < 1.29 is 0 Å². The summed E-state index contributed by atoms with van der Waals surface area (Å²) in [5.74, 6) is 0. The maximum atomic E-state index is 5.20. The predicted molar refractivity (Wildman–Crippen MR) is 59.8 cm³/mol. The lowest BCUT2D eigenvalue weighted by Gasteiger charge is -2.00. The molecule has 0 N–H and O–H groups in total. The molecule has 0 heterocycles. The molecule has 0 aliphatic heterocycles. The molecule has 0 radical (unpaired) electrons. The third-order valence-electron chi connectivity index (χ3n) is 1.43. The zero-order valence-electron chi connectivity index (χ0n) is 7.12. The molecule has 0 spiro atoms. The second-order valence-corrected chi connectivity index (χ2v) is 4.46. The molecule has 64 valence electrons. The Morgan fingerprint density at radius 2 is 2.00 bits per heavy atom. The van der Waals surface area contributed by atoms with Crippen LogP contribution in [0.25, 0.3) is 0 Å². The molecule has 1 aromatic rings. The fourth-order valence-electron chi connectivity index (χ4n) is 0.875. The van der Waals surface area contributed by atoms with Gasteiger partial charge in [0.1, 0.15) is 0 Å². The Kier molecular flexibility index (Phi) is 4.33. The Bertz CT molecular complexity index is 241. The fourth-order valence-corrected chi connectivity index (χ4v) is 2.23. The van der Waals surface area contributed by atoms with E-state index in [-0.39, 0.29) is 0 Å². The first-order valence-electron chi connectivity index (χ1n) is 4.08. The summed E-state index contributed by atoms with van der Waals surface area (Å²) in [5, 5.41) is 0. The molecule has 0 aliphatic carbocycles. The van der Waals surface area contributed by atoms with Crippen molar-refractivity contribution in [2.45, 2.75) is 24.7 Å². The van der Waals surface area contributed by atoms with E-state index >= 15 is 0 Å². The van der Waals surface area contributed by atoms with Crippen molar-refractivity contribution in [2.24, 2.45) is 0 Å². The summed E-state index contributed by atoms with van der Waals surface area (Å²) in [6.07, 6.45) is 2.17. The van der Waals surface area contributed by atoms with E-state index in [1.807, 2.05) is 18.2 Å².